The van der Waals surface area contributed by atoms with Crippen molar-refractivity contribution in [3.8, 4) is 0 Å². The molecule has 0 amide bonds. The lowest BCUT2D eigenvalue weighted by Gasteiger charge is -1.95. The Kier molecular flexibility index (Phi) is 2.20. The van der Waals surface area contributed by atoms with Gasteiger partial charge in [0.15, 0.2) is 0 Å². The Labute approximate surface area is 86.3 Å². The van der Waals surface area contributed by atoms with Crippen molar-refractivity contribution in [2.75, 3.05) is 0 Å². The average Bonchev–Trinajstić information content (AvgIpc) is 2.59. The summed E-state index contributed by atoms with van der Waals surface area (Å²) in [7, 11) is 0. The van der Waals surface area contributed by atoms with Crippen LogP contribution in [0.2, 0.25) is 0 Å². The maximum atomic E-state index is 11.7. The van der Waals surface area contributed by atoms with Gasteiger partial charge in [-0.1, -0.05) is 15.9 Å². The minimum atomic E-state index is -1.04. The van der Waals surface area contributed by atoms with Crippen LogP contribution in [-0.4, -0.2) is 15.6 Å². The van der Waals surface area contributed by atoms with E-state index in [1.54, 1.807) is 18.3 Å². The molecule has 2 aromatic rings. The molecule has 0 saturated heterocycles. The minimum Gasteiger partial charge on any atom is -0.249 e. The van der Waals surface area contributed by atoms with E-state index >= 15 is 0 Å². The van der Waals surface area contributed by atoms with Crippen molar-refractivity contribution in [3.05, 3.63) is 34.6 Å². The Bertz CT molecular complexity index is 497. The van der Waals surface area contributed by atoms with Gasteiger partial charge >= 0.3 is 5.97 Å². The number of hydrogen-bond acceptors (Lipinski definition) is 3. The van der Waals surface area contributed by atoms with Gasteiger partial charge in [0.1, 0.15) is 5.56 Å². The van der Waals surface area contributed by atoms with Gasteiger partial charge in [0.2, 0.25) is 0 Å². The normalized spacial score (nSPS) is 10.4. The lowest BCUT2D eigenvalue weighted by atomic mass is 10.3. The van der Waals surface area contributed by atoms with Gasteiger partial charge in [0.05, 0.1) is 11.7 Å². The van der Waals surface area contributed by atoms with Crippen LogP contribution in [0.25, 0.3) is 5.52 Å². The first-order valence-corrected chi connectivity index (χ1v) is 4.47. The second-order valence-corrected chi connectivity index (χ2v) is 3.51. The molecule has 0 saturated carbocycles. The molecule has 0 aliphatic carbocycles. The van der Waals surface area contributed by atoms with E-state index in [1.807, 2.05) is 0 Å². The summed E-state index contributed by atoms with van der Waals surface area (Å²) >= 11 is 3.24. The summed E-state index contributed by atoms with van der Waals surface area (Å²) in [6.45, 7) is 0. The standard InChI is InChI=1S/C8H4BrFN2O2/c9-5-1-2-12-7(3-5)6(4-11-12)8(13)14-10/h1-4H. The SMILES string of the molecule is O=C(OF)c1cnn2ccc(Br)cc12. The first-order valence-electron chi connectivity index (χ1n) is 3.68. The highest BCUT2D eigenvalue weighted by Gasteiger charge is 2.14. The third-order valence-electron chi connectivity index (χ3n) is 1.77. The molecule has 2 aromatic heterocycles. The molecule has 0 unspecified atom stereocenters. The zero-order valence-electron chi connectivity index (χ0n) is 6.78. The Hall–Kier alpha value is -1.43. The van der Waals surface area contributed by atoms with Crippen LogP contribution in [0.1, 0.15) is 10.4 Å². The van der Waals surface area contributed by atoms with Crippen LogP contribution in [0, 0.1) is 0 Å². The van der Waals surface area contributed by atoms with Crippen LogP contribution in [0.5, 0.6) is 0 Å². The molecule has 72 valence electrons. The van der Waals surface area contributed by atoms with Crippen LogP contribution in [-0.2, 0) is 4.94 Å². The Morgan fingerprint density at radius 1 is 1.64 bits per heavy atom. The van der Waals surface area contributed by atoms with E-state index in [0.29, 0.717) is 5.52 Å². The molecule has 2 rings (SSSR count). The molecule has 0 radical (unpaired) electrons. The third-order valence-corrected chi connectivity index (χ3v) is 2.27. The van der Waals surface area contributed by atoms with Crippen LogP contribution in [0.4, 0.5) is 4.53 Å². The van der Waals surface area contributed by atoms with Crippen molar-refractivity contribution < 1.29 is 14.3 Å². The molecular formula is C8H4BrFN2O2. The summed E-state index contributed by atoms with van der Waals surface area (Å²) in [6, 6.07) is 3.41. The maximum absolute atomic E-state index is 11.7. The Balaban J connectivity index is 2.67. The zero-order chi connectivity index (χ0) is 10.1. The predicted octanol–water partition coefficient (Wildman–Crippen LogP) is 2.14. The highest BCUT2D eigenvalue weighted by atomic mass is 79.9. The van der Waals surface area contributed by atoms with E-state index in [4.69, 9.17) is 0 Å². The molecule has 14 heavy (non-hydrogen) atoms. The van der Waals surface area contributed by atoms with Crippen molar-refractivity contribution in [1.82, 2.24) is 9.61 Å². The van der Waals surface area contributed by atoms with Crippen LogP contribution in [0.15, 0.2) is 29.0 Å². The summed E-state index contributed by atoms with van der Waals surface area (Å²) in [5.74, 6) is -1.04. The molecule has 2 heterocycles. The molecule has 0 atom stereocenters. The molecule has 0 N–H and O–H groups in total. The maximum Gasteiger partial charge on any atom is 0.383 e. The molecule has 0 aliphatic rings. The van der Waals surface area contributed by atoms with Gasteiger partial charge in [0, 0.05) is 15.2 Å². The second kappa shape index (κ2) is 3.38. The van der Waals surface area contributed by atoms with Gasteiger partial charge < -0.3 is 0 Å². The van der Waals surface area contributed by atoms with Crippen molar-refractivity contribution in [3.63, 3.8) is 0 Å². The van der Waals surface area contributed by atoms with Gasteiger partial charge in [-0.15, -0.1) is 0 Å². The van der Waals surface area contributed by atoms with E-state index < -0.39 is 5.97 Å². The molecule has 4 nitrogen and oxygen atoms in total. The fourth-order valence-corrected chi connectivity index (χ4v) is 1.49. The predicted molar refractivity (Wildman–Crippen MR) is 49.4 cm³/mol. The number of carbonyl (C=O) groups is 1. The van der Waals surface area contributed by atoms with Crippen LogP contribution >= 0.6 is 15.9 Å². The van der Waals surface area contributed by atoms with Gasteiger partial charge in [-0.05, 0) is 12.1 Å². The van der Waals surface area contributed by atoms with Gasteiger partial charge in [-0.2, -0.15) is 5.10 Å². The number of halogens is 2. The Morgan fingerprint density at radius 3 is 3.14 bits per heavy atom. The largest absolute Gasteiger partial charge is 0.383 e. The monoisotopic (exact) mass is 258 g/mol. The summed E-state index contributed by atoms with van der Waals surface area (Å²) in [5, 5.41) is 3.86. The fraction of sp³-hybridized carbons (Fsp3) is 0. The van der Waals surface area contributed by atoms with Crippen LogP contribution < -0.4 is 0 Å². The lowest BCUT2D eigenvalue weighted by molar-refractivity contribution is -0.0786. The quantitative estimate of drug-likeness (QED) is 0.787. The smallest absolute Gasteiger partial charge is 0.249 e. The number of hydrogen-bond donors (Lipinski definition) is 0. The summed E-state index contributed by atoms with van der Waals surface area (Å²) in [4.78, 5) is 14.1. The molecule has 0 fully saturated rings. The topological polar surface area (TPSA) is 43.6 Å². The number of carbonyl (C=O) groups excluding carboxylic acids is 1. The molecular weight excluding hydrogens is 255 g/mol. The van der Waals surface area contributed by atoms with Crippen LogP contribution in [0.3, 0.4) is 0 Å². The van der Waals surface area contributed by atoms with Crippen molar-refractivity contribution in [2.45, 2.75) is 0 Å². The summed E-state index contributed by atoms with van der Waals surface area (Å²) < 4.78 is 13.9. The van der Waals surface area contributed by atoms with E-state index in [0.717, 1.165) is 4.47 Å². The molecule has 0 aromatic carbocycles. The number of aromatic nitrogens is 2. The second-order valence-electron chi connectivity index (χ2n) is 2.60. The highest BCUT2D eigenvalue weighted by molar-refractivity contribution is 9.10. The van der Waals surface area contributed by atoms with Crippen molar-refractivity contribution >= 4 is 27.4 Å². The van der Waals surface area contributed by atoms with Crippen molar-refractivity contribution in [2.24, 2.45) is 0 Å². The van der Waals surface area contributed by atoms with E-state index in [9.17, 15) is 9.32 Å². The molecule has 6 heteroatoms. The molecule has 0 bridgehead atoms. The Morgan fingerprint density at radius 2 is 2.43 bits per heavy atom. The highest BCUT2D eigenvalue weighted by Crippen LogP contribution is 2.17. The number of nitrogens with zero attached hydrogens (tertiary/aromatic N) is 2. The summed E-state index contributed by atoms with van der Waals surface area (Å²) in [5.41, 5.74) is 0.579. The number of rotatable bonds is 1. The molecule has 0 spiro atoms. The summed E-state index contributed by atoms with van der Waals surface area (Å²) in [6.07, 6.45) is 2.90. The van der Waals surface area contributed by atoms with E-state index in [1.165, 1.54) is 10.7 Å². The van der Waals surface area contributed by atoms with E-state index in [-0.39, 0.29) is 5.56 Å². The van der Waals surface area contributed by atoms with Crippen molar-refractivity contribution in [1.29, 1.82) is 0 Å². The first kappa shape index (κ1) is 9.14. The first-order chi connectivity index (χ1) is 6.72. The average molecular weight is 259 g/mol. The molecule has 0 aliphatic heterocycles. The third kappa shape index (κ3) is 1.37. The number of fused-ring (bicyclic) bond motifs is 1. The zero-order valence-corrected chi connectivity index (χ0v) is 8.36. The van der Waals surface area contributed by atoms with Gasteiger partial charge in [0.25, 0.3) is 0 Å². The lowest BCUT2D eigenvalue weighted by Crippen LogP contribution is -1.97. The van der Waals surface area contributed by atoms with Gasteiger partial charge in [-0.25, -0.2) is 14.3 Å². The van der Waals surface area contributed by atoms with Gasteiger partial charge in [-0.3, -0.25) is 0 Å². The number of pyridine rings is 1. The van der Waals surface area contributed by atoms with E-state index in [2.05, 4.69) is 26.0 Å². The fourth-order valence-electron chi connectivity index (χ4n) is 1.15. The minimum absolute atomic E-state index is 0.0915.